The van der Waals surface area contributed by atoms with Crippen LogP contribution in [0.1, 0.15) is 37.8 Å². The molecule has 2 fully saturated rings. The zero-order valence-corrected chi connectivity index (χ0v) is 22.5. The van der Waals surface area contributed by atoms with Gasteiger partial charge in [-0.25, -0.2) is 4.98 Å². The van der Waals surface area contributed by atoms with Gasteiger partial charge in [-0.3, -0.25) is 29.8 Å². The predicted octanol–water partition coefficient (Wildman–Crippen LogP) is 4.92. The van der Waals surface area contributed by atoms with Crippen molar-refractivity contribution in [1.29, 1.82) is 0 Å². The van der Waals surface area contributed by atoms with E-state index in [0.29, 0.717) is 24.9 Å². The minimum Gasteiger partial charge on any atom is -0.328 e. The monoisotopic (exact) mass is 555 g/mol. The Morgan fingerprint density at radius 1 is 0.595 bits per heavy atom. The number of rotatable bonds is 3. The summed E-state index contributed by atoms with van der Waals surface area (Å²) in [6, 6.07) is 23.3. The molecule has 0 bridgehead atoms. The zero-order valence-electron chi connectivity index (χ0n) is 22.5. The van der Waals surface area contributed by atoms with Crippen LogP contribution >= 0.6 is 0 Å². The van der Waals surface area contributed by atoms with E-state index in [1.165, 1.54) is 0 Å². The molecule has 2 unspecified atom stereocenters. The Labute approximate surface area is 239 Å². The first kappa shape index (κ1) is 24.5. The van der Waals surface area contributed by atoms with Gasteiger partial charge >= 0.3 is 0 Å². The van der Waals surface area contributed by atoms with Gasteiger partial charge in [0.05, 0.1) is 11.0 Å². The summed E-state index contributed by atoms with van der Waals surface area (Å²) in [5.41, 5.74) is 5.32. The highest BCUT2D eigenvalue weighted by Gasteiger charge is 2.32. The number of para-hydroxylation sites is 1. The molecule has 9 nitrogen and oxygen atoms in total. The number of carbonyl (C=O) groups excluding carboxylic acids is 4. The molecule has 2 N–H and O–H groups in total. The van der Waals surface area contributed by atoms with Crippen LogP contribution in [0.4, 0.5) is 0 Å². The van der Waals surface area contributed by atoms with Crippen molar-refractivity contribution in [2.24, 2.45) is 0 Å². The summed E-state index contributed by atoms with van der Waals surface area (Å²) in [5, 5.41) is 8.99. The maximum atomic E-state index is 13.0. The molecule has 2 aliphatic heterocycles. The van der Waals surface area contributed by atoms with Crippen LogP contribution in [-0.2, 0) is 19.2 Å². The van der Waals surface area contributed by atoms with Crippen LogP contribution in [0.2, 0.25) is 0 Å². The van der Waals surface area contributed by atoms with E-state index in [0.717, 1.165) is 49.2 Å². The van der Waals surface area contributed by atoms with Gasteiger partial charge in [-0.05, 0) is 54.3 Å². The Morgan fingerprint density at radius 2 is 1.14 bits per heavy atom. The number of nitrogens with zero attached hydrogens (tertiary/aromatic N) is 3. The Hall–Kier alpha value is -5.31. The highest BCUT2D eigenvalue weighted by Crippen LogP contribution is 2.39. The molecule has 6 aromatic rings. The van der Waals surface area contributed by atoms with Crippen molar-refractivity contribution in [1.82, 2.24) is 24.8 Å². The van der Waals surface area contributed by atoms with Crippen molar-refractivity contribution < 1.29 is 19.2 Å². The quantitative estimate of drug-likeness (QED) is 0.301. The van der Waals surface area contributed by atoms with Crippen LogP contribution in [0.3, 0.4) is 0 Å². The summed E-state index contributed by atoms with van der Waals surface area (Å²) in [7, 11) is 0. The lowest BCUT2D eigenvalue weighted by Gasteiger charge is -2.24. The standard InChI is InChI=1S/C33H25N5O4/c39-29-13-11-25(32(41)35-29)37-24-6-2-1-4-20(24)21-9-7-18(16-27(21)37)19-8-10-22-23-5-3-15-34-31(23)38(28(22)17-19)26-12-14-30(40)36-33(26)42/h1-10,15-17,25-26H,11-14H2,(H,35,39,41)(H,36,40,42). The number of hydrogen-bond acceptors (Lipinski definition) is 5. The second-order valence-corrected chi connectivity index (χ2v) is 11.0. The number of pyridine rings is 1. The number of imide groups is 2. The Bertz CT molecular complexity index is 2000. The average molecular weight is 556 g/mol. The molecule has 2 atom stereocenters. The molecule has 0 aliphatic carbocycles. The van der Waals surface area contributed by atoms with Crippen LogP contribution in [0.25, 0.3) is 54.9 Å². The molecule has 0 spiro atoms. The molecule has 42 heavy (non-hydrogen) atoms. The van der Waals surface area contributed by atoms with Gasteiger partial charge in [0.2, 0.25) is 23.6 Å². The normalized spacial score (nSPS) is 19.6. The van der Waals surface area contributed by atoms with Crippen molar-refractivity contribution >= 4 is 67.4 Å². The van der Waals surface area contributed by atoms with Gasteiger partial charge in [-0.1, -0.05) is 42.5 Å². The Morgan fingerprint density at radius 3 is 1.81 bits per heavy atom. The van der Waals surface area contributed by atoms with E-state index in [1.807, 2.05) is 34.9 Å². The van der Waals surface area contributed by atoms with E-state index in [2.05, 4.69) is 62.6 Å². The molecule has 4 amide bonds. The molecule has 0 saturated carbocycles. The molecule has 9 heteroatoms. The summed E-state index contributed by atoms with van der Waals surface area (Å²) in [4.78, 5) is 54.4. The third kappa shape index (κ3) is 3.59. The summed E-state index contributed by atoms with van der Waals surface area (Å²) in [6.07, 6.45) is 3.12. The maximum Gasteiger partial charge on any atom is 0.249 e. The SMILES string of the molecule is O=C1CCC(n2c3ccccc3c3ccc(-c4ccc5c6cccnc6n(C6CCC(=O)NC6=O)c5c4)cc32)C(=O)N1. The van der Waals surface area contributed by atoms with E-state index >= 15 is 0 Å². The fourth-order valence-electron chi connectivity index (χ4n) is 6.74. The van der Waals surface area contributed by atoms with E-state index in [4.69, 9.17) is 0 Å². The molecule has 3 aromatic carbocycles. The second-order valence-electron chi connectivity index (χ2n) is 11.0. The summed E-state index contributed by atoms with van der Waals surface area (Å²) < 4.78 is 4.01. The van der Waals surface area contributed by atoms with E-state index in [9.17, 15) is 19.2 Å². The summed E-state index contributed by atoms with van der Waals surface area (Å²) >= 11 is 0. The maximum absolute atomic E-state index is 13.0. The average Bonchev–Trinajstić information content (AvgIpc) is 3.49. The van der Waals surface area contributed by atoms with Gasteiger partial charge in [0.25, 0.3) is 0 Å². The van der Waals surface area contributed by atoms with Crippen molar-refractivity contribution in [3.8, 4) is 11.1 Å². The minimum atomic E-state index is -0.551. The van der Waals surface area contributed by atoms with Crippen molar-refractivity contribution in [3.05, 3.63) is 79.0 Å². The van der Waals surface area contributed by atoms with Crippen molar-refractivity contribution in [2.75, 3.05) is 0 Å². The van der Waals surface area contributed by atoms with Crippen LogP contribution < -0.4 is 10.6 Å². The highest BCUT2D eigenvalue weighted by molar-refractivity contribution is 6.12. The number of nitrogens with one attached hydrogen (secondary N) is 2. The molecular formula is C33H25N5O4. The first-order valence-corrected chi connectivity index (χ1v) is 14.1. The number of fused-ring (bicyclic) bond motifs is 6. The fraction of sp³-hybridized carbons (Fsp3) is 0.182. The van der Waals surface area contributed by atoms with Crippen LogP contribution in [-0.4, -0.2) is 37.7 Å². The Kier molecular flexibility index (Phi) is 5.31. The zero-order chi connectivity index (χ0) is 28.5. The number of amides is 4. The predicted molar refractivity (Wildman–Crippen MR) is 159 cm³/mol. The third-order valence-corrected chi connectivity index (χ3v) is 8.65. The Balaban J connectivity index is 1.33. The number of hydrogen-bond donors (Lipinski definition) is 2. The van der Waals surface area contributed by atoms with Gasteiger partial charge in [0.1, 0.15) is 17.7 Å². The lowest BCUT2D eigenvalue weighted by Crippen LogP contribution is -2.41. The lowest BCUT2D eigenvalue weighted by molar-refractivity contribution is -0.137. The second kappa shape index (κ2) is 9.10. The first-order chi connectivity index (χ1) is 20.5. The molecule has 8 rings (SSSR count). The largest absolute Gasteiger partial charge is 0.328 e. The number of benzene rings is 3. The molecule has 2 saturated heterocycles. The number of carbonyl (C=O) groups is 4. The fourth-order valence-corrected chi connectivity index (χ4v) is 6.74. The summed E-state index contributed by atoms with van der Waals surface area (Å²) in [5.74, 6) is -1.12. The van der Waals surface area contributed by atoms with Crippen LogP contribution in [0.15, 0.2) is 79.0 Å². The van der Waals surface area contributed by atoms with Crippen LogP contribution in [0, 0.1) is 0 Å². The molecule has 206 valence electrons. The molecule has 5 heterocycles. The smallest absolute Gasteiger partial charge is 0.249 e. The molecule has 3 aromatic heterocycles. The topological polar surface area (TPSA) is 115 Å². The van der Waals surface area contributed by atoms with E-state index in [-0.39, 0.29) is 30.0 Å². The third-order valence-electron chi connectivity index (χ3n) is 8.65. The number of piperidine rings is 2. The van der Waals surface area contributed by atoms with Crippen molar-refractivity contribution in [3.63, 3.8) is 0 Å². The van der Waals surface area contributed by atoms with Gasteiger partial charge < -0.3 is 9.13 Å². The van der Waals surface area contributed by atoms with E-state index in [1.54, 1.807) is 6.20 Å². The first-order valence-electron chi connectivity index (χ1n) is 14.1. The minimum absolute atomic E-state index is 0.244. The molecule has 2 aliphatic rings. The van der Waals surface area contributed by atoms with Gasteiger partial charge in [0.15, 0.2) is 0 Å². The lowest BCUT2D eigenvalue weighted by atomic mass is 10.0. The van der Waals surface area contributed by atoms with Crippen molar-refractivity contribution in [2.45, 2.75) is 37.8 Å². The summed E-state index contributed by atoms with van der Waals surface area (Å²) in [6.45, 7) is 0. The van der Waals surface area contributed by atoms with Gasteiger partial charge in [-0.15, -0.1) is 0 Å². The van der Waals surface area contributed by atoms with E-state index < -0.39 is 12.1 Å². The number of aromatic nitrogens is 3. The van der Waals surface area contributed by atoms with Crippen LogP contribution in [0.5, 0.6) is 0 Å². The van der Waals surface area contributed by atoms with Gasteiger partial charge in [-0.2, -0.15) is 0 Å². The molecule has 0 radical (unpaired) electrons. The van der Waals surface area contributed by atoms with Gasteiger partial charge in [0, 0.05) is 46.1 Å². The highest BCUT2D eigenvalue weighted by atomic mass is 16.2. The molecular weight excluding hydrogens is 530 g/mol.